The summed E-state index contributed by atoms with van der Waals surface area (Å²) < 4.78 is 0. The maximum absolute atomic E-state index is 9.65. The first-order chi connectivity index (χ1) is 15.6. The van der Waals surface area contributed by atoms with E-state index in [0.29, 0.717) is 11.6 Å². The number of hydrogen-bond donors (Lipinski definition) is 3. The maximum atomic E-state index is 9.65. The van der Waals surface area contributed by atoms with Crippen LogP contribution in [0, 0.1) is 6.92 Å². The van der Waals surface area contributed by atoms with E-state index in [1.54, 1.807) is 24.5 Å². The lowest BCUT2D eigenvalue weighted by Gasteiger charge is -2.08. The van der Waals surface area contributed by atoms with Gasteiger partial charge in [0, 0.05) is 17.1 Å². The Bertz CT molecular complexity index is 1220. The zero-order valence-electron chi connectivity index (χ0n) is 17.9. The molecule has 0 fully saturated rings. The average molecular weight is 425 g/mol. The van der Waals surface area contributed by atoms with E-state index in [0.717, 1.165) is 40.3 Å². The molecule has 0 atom stereocenters. The molecule has 2 heterocycles. The standard InChI is InChI=1S/C25H24N6O/c1-3-20-13-17(2)28-25(30-20)31-27-16-22-11-12-23(15-26-22)29-21-9-7-18(8-10-21)19-5-4-6-24(32)14-19/h4-16,29,32H,3H2,1-2H3,(H,28,30,31)/b27-16+. The number of anilines is 3. The van der Waals surface area contributed by atoms with Crippen LogP contribution in [0.3, 0.4) is 0 Å². The summed E-state index contributed by atoms with van der Waals surface area (Å²) in [5.74, 6) is 0.734. The van der Waals surface area contributed by atoms with Gasteiger partial charge in [-0.05, 0) is 66.9 Å². The van der Waals surface area contributed by atoms with Gasteiger partial charge in [-0.15, -0.1) is 0 Å². The molecule has 32 heavy (non-hydrogen) atoms. The average Bonchev–Trinajstić information content (AvgIpc) is 2.80. The number of nitrogens with zero attached hydrogens (tertiary/aromatic N) is 4. The Labute approximate surface area is 186 Å². The van der Waals surface area contributed by atoms with Crippen molar-refractivity contribution in [2.24, 2.45) is 5.10 Å². The SMILES string of the molecule is CCc1cc(C)nc(N/N=C/c2ccc(Nc3ccc(-c4cccc(O)c4)cc3)cn2)n1. The maximum Gasteiger partial charge on any atom is 0.243 e. The van der Waals surface area contributed by atoms with E-state index in [2.05, 4.69) is 37.7 Å². The van der Waals surface area contributed by atoms with E-state index in [4.69, 9.17) is 0 Å². The van der Waals surface area contributed by atoms with Gasteiger partial charge in [-0.25, -0.2) is 15.4 Å². The van der Waals surface area contributed by atoms with Crippen LogP contribution in [0.2, 0.25) is 0 Å². The zero-order chi connectivity index (χ0) is 22.3. The summed E-state index contributed by atoms with van der Waals surface area (Å²) in [5, 5.41) is 17.2. The molecule has 2 aromatic heterocycles. The molecule has 7 nitrogen and oxygen atoms in total. The number of rotatable bonds is 7. The monoisotopic (exact) mass is 424 g/mol. The number of phenols is 1. The molecule has 3 N–H and O–H groups in total. The van der Waals surface area contributed by atoms with Gasteiger partial charge in [-0.1, -0.05) is 31.2 Å². The quantitative estimate of drug-likeness (QED) is 0.275. The van der Waals surface area contributed by atoms with E-state index in [9.17, 15) is 5.11 Å². The number of hydrazone groups is 1. The van der Waals surface area contributed by atoms with Crippen LogP contribution in [-0.4, -0.2) is 26.3 Å². The number of pyridine rings is 1. The lowest BCUT2D eigenvalue weighted by atomic mass is 10.1. The molecule has 4 aromatic rings. The van der Waals surface area contributed by atoms with Crippen LogP contribution in [0.5, 0.6) is 5.75 Å². The molecule has 0 radical (unpaired) electrons. The van der Waals surface area contributed by atoms with Crippen molar-refractivity contribution in [1.82, 2.24) is 15.0 Å². The van der Waals surface area contributed by atoms with Crippen molar-refractivity contribution >= 4 is 23.5 Å². The van der Waals surface area contributed by atoms with E-state index in [-0.39, 0.29) is 5.75 Å². The molecule has 0 aliphatic carbocycles. The van der Waals surface area contributed by atoms with E-state index >= 15 is 0 Å². The minimum absolute atomic E-state index is 0.256. The summed E-state index contributed by atoms with van der Waals surface area (Å²) in [6, 6.07) is 21.0. The highest BCUT2D eigenvalue weighted by Gasteiger charge is 2.02. The second-order valence-corrected chi connectivity index (χ2v) is 7.27. The molecule has 0 aliphatic rings. The lowest BCUT2D eigenvalue weighted by Crippen LogP contribution is -2.01. The van der Waals surface area contributed by atoms with Crippen LogP contribution in [-0.2, 0) is 6.42 Å². The third-order valence-corrected chi connectivity index (χ3v) is 4.77. The first-order valence-electron chi connectivity index (χ1n) is 10.4. The third kappa shape index (κ3) is 5.46. The fourth-order valence-corrected chi connectivity index (χ4v) is 3.17. The summed E-state index contributed by atoms with van der Waals surface area (Å²) in [7, 11) is 0. The number of benzene rings is 2. The van der Waals surface area contributed by atoms with Gasteiger partial charge in [0.05, 0.1) is 23.8 Å². The molecule has 0 unspecified atom stereocenters. The molecular weight excluding hydrogens is 400 g/mol. The van der Waals surface area contributed by atoms with Gasteiger partial charge in [-0.2, -0.15) is 5.10 Å². The highest BCUT2D eigenvalue weighted by atomic mass is 16.3. The Hall–Kier alpha value is -4.26. The predicted octanol–water partition coefficient (Wildman–Crippen LogP) is 5.30. The highest BCUT2D eigenvalue weighted by molar-refractivity contribution is 5.78. The van der Waals surface area contributed by atoms with Crippen LogP contribution in [0.25, 0.3) is 11.1 Å². The molecule has 0 aliphatic heterocycles. The largest absolute Gasteiger partial charge is 0.508 e. The normalized spacial score (nSPS) is 10.9. The first kappa shape index (κ1) is 21.0. The number of nitrogens with one attached hydrogen (secondary N) is 2. The number of aryl methyl sites for hydroxylation is 2. The summed E-state index contributed by atoms with van der Waals surface area (Å²) in [6.45, 7) is 3.99. The molecule has 7 heteroatoms. The Morgan fingerprint density at radius 3 is 2.47 bits per heavy atom. The molecule has 0 spiro atoms. The van der Waals surface area contributed by atoms with Crippen molar-refractivity contribution in [3.8, 4) is 16.9 Å². The lowest BCUT2D eigenvalue weighted by molar-refractivity contribution is 0.475. The van der Waals surface area contributed by atoms with Crippen molar-refractivity contribution < 1.29 is 5.11 Å². The fraction of sp³-hybridized carbons (Fsp3) is 0.120. The van der Waals surface area contributed by atoms with Crippen LogP contribution in [0.1, 0.15) is 24.0 Å². The second-order valence-electron chi connectivity index (χ2n) is 7.27. The van der Waals surface area contributed by atoms with Crippen molar-refractivity contribution in [3.05, 3.63) is 90.0 Å². The summed E-state index contributed by atoms with van der Waals surface area (Å²) in [5.41, 5.74) is 9.27. The molecule has 0 saturated heterocycles. The minimum atomic E-state index is 0.256. The summed E-state index contributed by atoms with van der Waals surface area (Å²) >= 11 is 0. The van der Waals surface area contributed by atoms with Gasteiger partial charge in [0.1, 0.15) is 5.75 Å². The number of aromatic nitrogens is 3. The Morgan fingerprint density at radius 2 is 1.75 bits per heavy atom. The van der Waals surface area contributed by atoms with Gasteiger partial charge >= 0.3 is 0 Å². The minimum Gasteiger partial charge on any atom is -0.508 e. The van der Waals surface area contributed by atoms with Gasteiger partial charge in [-0.3, -0.25) is 4.98 Å². The van der Waals surface area contributed by atoms with Gasteiger partial charge in [0.2, 0.25) is 5.95 Å². The Morgan fingerprint density at radius 1 is 0.938 bits per heavy atom. The zero-order valence-corrected chi connectivity index (χ0v) is 17.9. The van der Waals surface area contributed by atoms with Crippen molar-refractivity contribution in [1.29, 1.82) is 0 Å². The van der Waals surface area contributed by atoms with Gasteiger partial charge in [0.25, 0.3) is 0 Å². The van der Waals surface area contributed by atoms with Crippen molar-refractivity contribution in [3.63, 3.8) is 0 Å². The second kappa shape index (κ2) is 9.70. The first-order valence-corrected chi connectivity index (χ1v) is 10.4. The topological polar surface area (TPSA) is 95.3 Å². The smallest absolute Gasteiger partial charge is 0.243 e. The molecule has 0 amide bonds. The fourth-order valence-electron chi connectivity index (χ4n) is 3.17. The number of aromatic hydroxyl groups is 1. The van der Waals surface area contributed by atoms with E-state index in [1.807, 2.05) is 61.5 Å². The molecular formula is C25H24N6O. The molecule has 2 aromatic carbocycles. The highest BCUT2D eigenvalue weighted by Crippen LogP contribution is 2.25. The summed E-state index contributed by atoms with van der Waals surface area (Å²) in [6.07, 6.45) is 4.23. The molecule has 4 rings (SSSR count). The number of phenolic OH excluding ortho intramolecular Hbond substituents is 1. The predicted molar refractivity (Wildman–Crippen MR) is 128 cm³/mol. The van der Waals surface area contributed by atoms with Gasteiger partial charge < -0.3 is 10.4 Å². The Kier molecular flexibility index (Phi) is 6.36. The van der Waals surface area contributed by atoms with Crippen LogP contribution < -0.4 is 10.7 Å². The Balaban J connectivity index is 1.36. The van der Waals surface area contributed by atoms with Crippen LogP contribution in [0.15, 0.2) is 78.0 Å². The van der Waals surface area contributed by atoms with E-state index in [1.165, 1.54) is 0 Å². The van der Waals surface area contributed by atoms with Crippen molar-refractivity contribution in [2.45, 2.75) is 20.3 Å². The molecule has 160 valence electrons. The van der Waals surface area contributed by atoms with Gasteiger partial charge in [0.15, 0.2) is 0 Å². The van der Waals surface area contributed by atoms with E-state index < -0.39 is 0 Å². The van der Waals surface area contributed by atoms with Crippen LogP contribution >= 0.6 is 0 Å². The third-order valence-electron chi connectivity index (χ3n) is 4.77. The summed E-state index contributed by atoms with van der Waals surface area (Å²) in [4.78, 5) is 13.1. The van der Waals surface area contributed by atoms with Crippen molar-refractivity contribution in [2.75, 3.05) is 10.7 Å². The molecule has 0 saturated carbocycles. The van der Waals surface area contributed by atoms with Crippen LogP contribution in [0.4, 0.5) is 17.3 Å². The number of hydrogen-bond acceptors (Lipinski definition) is 7. The molecule has 0 bridgehead atoms.